The number of likely N-dealkylation sites (N-methyl/N-ethyl adjacent to an activating group) is 1. The van der Waals surface area contributed by atoms with Gasteiger partial charge in [-0.25, -0.2) is 0 Å². The molecule has 130 valence electrons. The molecule has 0 unspecified atom stereocenters. The van der Waals surface area contributed by atoms with E-state index in [1.807, 2.05) is 6.20 Å². The summed E-state index contributed by atoms with van der Waals surface area (Å²) in [5.41, 5.74) is 7.40. The average Bonchev–Trinajstić information content (AvgIpc) is 2.53. The highest BCUT2D eigenvalue weighted by atomic mass is 32.2. The minimum Gasteiger partial charge on any atom is -0.369 e. The van der Waals surface area contributed by atoms with Crippen molar-refractivity contribution < 1.29 is 4.79 Å². The van der Waals surface area contributed by atoms with Crippen molar-refractivity contribution in [1.82, 2.24) is 9.88 Å². The van der Waals surface area contributed by atoms with Gasteiger partial charge >= 0.3 is 0 Å². The Balaban J connectivity index is 1.78. The van der Waals surface area contributed by atoms with E-state index in [0.717, 1.165) is 54.5 Å². The third kappa shape index (κ3) is 6.02. The molecule has 2 rings (SSSR count). The molecule has 1 aliphatic rings. The summed E-state index contributed by atoms with van der Waals surface area (Å²) >= 11 is 1.44. The third-order valence-corrected chi connectivity index (χ3v) is 4.92. The fourth-order valence-corrected chi connectivity index (χ4v) is 3.40. The van der Waals surface area contributed by atoms with Crippen molar-refractivity contribution in [2.45, 2.75) is 19.3 Å². The number of nitrogens with two attached hydrogens (primary N) is 1. The van der Waals surface area contributed by atoms with Gasteiger partial charge in [0.1, 0.15) is 0 Å². The molecule has 1 fully saturated rings. The van der Waals surface area contributed by atoms with Crippen LogP contribution in [0.3, 0.4) is 0 Å². The lowest BCUT2D eigenvalue weighted by Gasteiger charge is -2.33. The van der Waals surface area contributed by atoms with Crippen LogP contribution in [-0.4, -0.2) is 49.0 Å². The number of carbonyl (C=O) groups excluding carboxylic acids is 1. The molecule has 5 nitrogen and oxygen atoms in total. The smallest absolute Gasteiger partial charge is 0.222 e. The van der Waals surface area contributed by atoms with Crippen molar-refractivity contribution in [3.63, 3.8) is 0 Å². The summed E-state index contributed by atoms with van der Waals surface area (Å²) in [6.07, 6.45) is 3.80. The number of piperazine rings is 1. The zero-order valence-electron chi connectivity index (χ0n) is 14.3. The van der Waals surface area contributed by atoms with E-state index in [0.29, 0.717) is 0 Å². The van der Waals surface area contributed by atoms with Crippen molar-refractivity contribution >= 4 is 23.4 Å². The predicted octanol–water partition coefficient (Wildman–Crippen LogP) is 2.40. The summed E-state index contributed by atoms with van der Waals surface area (Å²) in [7, 11) is 2.15. The molecule has 0 aromatic carbocycles. The van der Waals surface area contributed by atoms with Gasteiger partial charge in [-0.3, -0.25) is 9.78 Å². The van der Waals surface area contributed by atoms with Crippen LogP contribution < -0.4 is 10.6 Å². The fraction of sp³-hybridized carbons (Fsp3) is 0.444. The first-order valence-electron chi connectivity index (χ1n) is 8.14. The third-order valence-electron chi connectivity index (χ3n) is 4.00. The molecule has 0 aliphatic carbocycles. The zero-order valence-corrected chi connectivity index (χ0v) is 15.1. The molecule has 1 aromatic heterocycles. The lowest BCUT2D eigenvalue weighted by Crippen LogP contribution is -2.44. The first-order valence-corrected chi connectivity index (χ1v) is 8.96. The van der Waals surface area contributed by atoms with E-state index in [4.69, 9.17) is 5.73 Å². The molecule has 1 aromatic rings. The first-order chi connectivity index (χ1) is 11.4. The number of thioether (sulfide) groups is 1. The second kappa shape index (κ2) is 8.89. The number of primary amides is 1. The van der Waals surface area contributed by atoms with Crippen LogP contribution in [0.5, 0.6) is 0 Å². The number of nitrogens with zero attached hydrogens (tertiary/aromatic N) is 3. The Kier molecular flexibility index (Phi) is 6.87. The van der Waals surface area contributed by atoms with Crippen LogP contribution in [0.15, 0.2) is 41.3 Å². The second-order valence-corrected chi connectivity index (χ2v) is 7.48. The number of aryl methyl sites for hydroxylation is 1. The van der Waals surface area contributed by atoms with Crippen LogP contribution in [0.25, 0.3) is 0 Å². The molecule has 2 N–H and O–H groups in total. The van der Waals surface area contributed by atoms with Gasteiger partial charge < -0.3 is 15.5 Å². The van der Waals surface area contributed by atoms with E-state index in [1.165, 1.54) is 17.4 Å². The normalized spacial score (nSPS) is 15.3. The summed E-state index contributed by atoms with van der Waals surface area (Å²) in [6, 6.07) is 4.24. The van der Waals surface area contributed by atoms with Gasteiger partial charge in [0, 0.05) is 31.9 Å². The maximum absolute atomic E-state index is 10.9. The summed E-state index contributed by atoms with van der Waals surface area (Å²) in [5.74, 6) is -0.360. The lowest BCUT2D eigenvalue weighted by molar-refractivity contribution is -0.117. The van der Waals surface area contributed by atoms with Crippen molar-refractivity contribution in [1.29, 1.82) is 0 Å². The quantitative estimate of drug-likeness (QED) is 0.783. The highest BCUT2D eigenvalue weighted by molar-refractivity contribution is 8.06. The Morgan fingerprint density at radius 1 is 1.25 bits per heavy atom. The molecule has 0 bridgehead atoms. The molecular formula is C18H26N4OS. The van der Waals surface area contributed by atoms with E-state index >= 15 is 0 Å². The minimum absolute atomic E-state index is 0.196. The highest BCUT2D eigenvalue weighted by Gasteiger charge is 2.14. The average molecular weight is 347 g/mol. The molecule has 0 atom stereocenters. The van der Waals surface area contributed by atoms with E-state index in [9.17, 15) is 4.79 Å². The van der Waals surface area contributed by atoms with Crippen LogP contribution in [0.4, 0.5) is 5.69 Å². The monoisotopic (exact) mass is 346 g/mol. The van der Waals surface area contributed by atoms with E-state index in [-0.39, 0.29) is 12.3 Å². The van der Waals surface area contributed by atoms with Crippen molar-refractivity contribution in [3.05, 3.63) is 47.0 Å². The molecule has 6 heteroatoms. The summed E-state index contributed by atoms with van der Waals surface area (Å²) in [6.45, 7) is 12.1. The van der Waals surface area contributed by atoms with Gasteiger partial charge in [0.05, 0.1) is 18.3 Å². The van der Waals surface area contributed by atoms with Crippen LogP contribution in [-0.2, 0) is 11.2 Å². The number of carbonyl (C=O) groups is 1. The van der Waals surface area contributed by atoms with Gasteiger partial charge in [0.15, 0.2) is 0 Å². The zero-order chi connectivity index (χ0) is 17.5. The first kappa shape index (κ1) is 18.5. The fourth-order valence-electron chi connectivity index (χ4n) is 2.57. The van der Waals surface area contributed by atoms with E-state index in [1.54, 1.807) is 0 Å². The van der Waals surface area contributed by atoms with E-state index < -0.39 is 0 Å². The topological polar surface area (TPSA) is 62.5 Å². The molecule has 2 heterocycles. The maximum Gasteiger partial charge on any atom is 0.222 e. The number of hydrogen-bond acceptors (Lipinski definition) is 5. The van der Waals surface area contributed by atoms with Crippen LogP contribution in [0.1, 0.15) is 18.5 Å². The number of amides is 1. The number of aromatic nitrogens is 1. The molecule has 1 amide bonds. The maximum atomic E-state index is 10.9. The Bertz CT molecular complexity index is 592. The van der Waals surface area contributed by atoms with E-state index in [2.05, 4.69) is 47.1 Å². The summed E-state index contributed by atoms with van der Waals surface area (Å²) < 4.78 is 0. The standard InChI is InChI=1S/C18H26N4OS/c1-14(24-15(2)12-18(19)23)4-5-16-6-7-17(13-20-16)22-10-8-21(3)9-11-22/h6-7,13H,1-2,4-5,8-12H2,3H3,(H2,19,23). The van der Waals surface area contributed by atoms with Crippen LogP contribution in [0.2, 0.25) is 0 Å². The minimum atomic E-state index is -0.360. The molecule has 1 saturated heterocycles. The van der Waals surface area contributed by atoms with Crippen molar-refractivity contribution in [3.8, 4) is 0 Å². The van der Waals surface area contributed by atoms with Gasteiger partial charge in [-0.05, 0) is 41.8 Å². The second-order valence-electron chi connectivity index (χ2n) is 6.12. The Hall–Kier alpha value is -1.79. The SMILES string of the molecule is C=C(CCc1ccc(N2CCN(C)CC2)cn1)SC(=C)CC(N)=O. The van der Waals surface area contributed by atoms with Gasteiger partial charge in [0.2, 0.25) is 5.91 Å². The Morgan fingerprint density at radius 2 is 1.96 bits per heavy atom. The molecule has 1 aliphatic heterocycles. The molecular weight excluding hydrogens is 320 g/mol. The van der Waals surface area contributed by atoms with Crippen LogP contribution >= 0.6 is 11.8 Å². The molecule has 0 spiro atoms. The van der Waals surface area contributed by atoms with Gasteiger partial charge in [-0.1, -0.05) is 24.9 Å². The molecule has 0 radical (unpaired) electrons. The van der Waals surface area contributed by atoms with Gasteiger partial charge in [-0.2, -0.15) is 0 Å². The molecule has 24 heavy (non-hydrogen) atoms. The van der Waals surface area contributed by atoms with Gasteiger partial charge in [-0.15, -0.1) is 0 Å². The number of rotatable bonds is 8. The highest BCUT2D eigenvalue weighted by Crippen LogP contribution is 2.28. The number of allylic oxidation sites excluding steroid dienone is 1. The van der Waals surface area contributed by atoms with Crippen LogP contribution in [0, 0.1) is 0 Å². The molecule has 0 saturated carbocycles. The van der Waals surface area contributed by atoms with Gasteiger partial charge in [0.25, 0.3) is 0 Å². The predicted molar refractivity (Wildman–Crippen MR) is 102 cm³/mol. The number of pyridine rings is 1. The number of anilines is 1. The summed E-state index contributed by atoms with van der Waals surface area (Å²) in [4.78, 5) is 21.9. The van der Waals surface area contributed by atoms with Crippen molar-refractivity contribution in [2.24, 2.45) is 5.73 Å². The number of hydrogen-bond donors (Lipinski definition) is 1. The largest absolute Gasteiger partial charge is 0.369 e. The Labute approximate surface area is 148 Å². The van der Waals surface area contributed by atoms with Crippen molar-refractivity contribution in [2.75, 3.05) is 38.1 Å². The summed E-state index contributed by atoms with van der Waals surface area (Å²) in [5, 5.41) is 0. The Morgan fingerprint density at radius 3 is 2.54 bits per heavy atom. The lowest BCUT2D eigenvalue weighted by atomic mass is 10.2.